The minimum atomic E-state index is -0.459. The Labute approximate surface area is 136 Å². The van der Waals surface area contributed by atoms with Crippen molar-refractivity contribution >= 4 is 6.09 Å². The standard InChI is InChI=1S/C17H36N2O3/c1-13(2)15(10-18-9-7-8-14(3)12-20)11-19-16(21)22-17(4,5)6/h13-15,18,20H,7-12H2,1-6H3,(H,19,21). The van der Waals surface area contributed by atoms with Crippen LogP contribution in [-0.4, -0.2) is 43.0 Å². The Morgan fingerprint density at radius 3 is 2.32 bits per heavy atom. The van der Waals surface area contributed by atoms with Crippen molar-refractivity contribution in [2.24, 2.45) is 17.8 Å². The molecule has 5 nitrogen and oxygen atoms in total. The van der Waals surface area contributed by atoms with Gasteiger partial charge in [-0.05, 0) is 64.5 Å². The molecule has 0 saturated heterocycles. The number of hydrogen-bond donors (Lipinski definition) is 3. The van der Waals surface area contributed by atoms with Crippen LogP contribution in [0, 0.1) is 17.8 Å². The molecule has 0 radical (unpaired) electrons. The van der Waals surface area contributed by atoms with Crippen LogP contribution in [0.15, 0.2) is 0 Å². The van der Waals surface area contributed by atoms with Gasteiger partial charge in [0.15, 0.2) is 0 Å². The van der Waals surface area contributed by atoms with Gasteiger partial charge in [0.05, 0.1) is 0 Å². The molecule has 132 valence electrons. The number of carbonyl (C=O) groups excluding carboxylic acids is 1. The zero-order valence-electron chi connectivity index (χ0n) is 15.2. The van der Waals surface area contributed by atoms with Crippen LogP contribution in [-0.2, 0) is 4.74 Å². The van der Waals surface area contributed by atoms with Gasteiger partial charge in [-0.2, -0.15) is 0 Å². The Hall–Kier alpha value is -0.810. The largest absolute Gasteiger partial charge is 0.444 e. The van der Waals surface area contributed by atoms with Gasteiger partial charge in [-0.25, -0.2) is 4.79 Å². The minimum Gasteiger partial charge on any atom is -0.444 e. The lowest BCUT2D eigenvalue weighted by atomic mass is 9.95. The number of alkyl carbamates (subject to hydrolysis) is 1. The average molecular weight is 316 g/mol. The Balaban J connectivity index is 3.94. The number of amides is 1. The summed E-state index contributed by atoms with van der Waals surface area (Å²) in [6.45, 7) is 14.7. The first-order valence-corrected chi connectivity index (χ1v) is 8.44. The lowest BCUT2D eigenvalue weighted by Gasteiger charge is -2.24. The molecule has 0 aromatic rings. The maximum Gasteiger partial charge on any atom is 0.407 e. The van der Waals surface area contributed by atoms with Crippen LogP contribution in [0.1, 0.15) is 54.4 Å². The predicted molar refractivity (Wildman–Crippen MR) is 90.9 cm³/mol. The highest BCUT2D eigenvalue weighted by atomic mass is 16.6. The fourth-order valence-electron chi connectivity index (χ4n) is 2.03. The Kier molecular flexibility index (Phi) is 10.4. The molecule has 5 heteroatoms. The van der Waals surface area contributed by atoms with E-state index in [1.165, 1.54) is 0 Å². The maximum atomic E-state index is 11.7. The molecule has 0 aromatic heterocycles. The first-order valence-electron chi connectivity index (χ1n) is 8.44. The summed E-state index contributed by atoms with van der Waals surface area (Å²) in [5, 5.41) is 15.3. The third-order valence-corrected chi connectivity index (χ3v) is 3.62. The van der Waals surface area contributed by atoms with Gasteiger partial charge in [0, 0.05) is 13.2 Å². The molecule has 1 amide bonds. The fraction of sp³-hybridized carbons (Fsp3) is 0.941. The summed E-state index contributed by atoms with van der Waals surface area (Å²) in [6.07, 6.45) is 1.74. The Bertz CT molecular complexity index is 301. The van der Waals surface area contributed by atoms with Crippen molar-refractivity contribution in [3.8, 4) is 0 Å². The van der Waals surface area contributed by atoms with Crippen molar-refractivity contribution in [3.63, 3.8) is 0 Å². The number of aliphatic hydroxyl groups is 1. The quantitative estimate of drug-likeness (QED) is 0.542. The number of nitrogens with one attached hydrogen (secondary N) is 2. The van der Waals surface area contributed by atoms with Crippen LogP contribution in [0.4, 0.5) is 4.79 Å². The normalized spacial score (nSPS) is 14.7. The molecule has 0 aliphatic carbocycles. The molecule has 22 heavy (non-hydrogen) atoms. The van der Waals surface area contributed by atoms with E-state index in [4.69, 9.17) is 9.84 Å². The second-order valence-corrected chi connectivity index (χ2v) is 7.52. The van der Waals surface area contributed by atoms with E-state index in [2.05, 4.69) is 31.4 Å². The van der Waals surface area contributed by atoms with Gasteiger partial charge in [0.25, 0.3) is 0 Å². The number of hydrogen-bond acceptors (Lipinski definition) is 4. The summed E-state index contributed by atoms with van der Waals surface area (Å²) in [5.74, 6) is 1.23. The molecule has 0 saturated carbocycles. The summed E-state index contributed by atoms with van der Waals surface area (Å²) < 4.78 is 5.26. The molecule has 0 bridgehead atoms. The average Bonchev–Trinajstić information content (AvgIpc) is 2.38. The van der Waals surface area contributed by atoms with E-state index in [-0.39, 0.29) is 12.7 Å². The maximum absolute atomic E-state index is 11.7. The second kappa shape index (κ2) is 10.8. The van der Waals surface area contributed by atoms with Crippen molar-refractivity contribution in [1.29, 1.82) is 0 Å². The molecule has 0 fully saturated rings. The van der Waals surface area contributed by atoms with Crippen LogP contribution >= 0.6 is 0 Å². The molecule has 3 N–H and O–H groups in total. The first kappa shape index (κ1) is 21.2. The van der Waals surface area contributed by atoms with Crippen molar-refractivity contribution in [2.75, 3.05) is 26.2 Å². The molecular formula is C17H36N2O3. The molecule has 0 aliphatic rings. The van der Waals surface area contributed by atoms with Crippen molar-refractivity contribution in [2.45, 2.75) is 60.0 Å². The van der Waals surface area contributed by atoms with Gasteiger partial charge in [-0.1, -0.05) is 20.8 Å². The van der Waals surface area contributed by atoms with Gasteiger partial charge >= 0.3 is 6.09 Å². The monoisotopic (exact) mass is 316 g/mol. The van der Waals surface area contributed by atoms with Gasteiger partial charge in [-0.3, -0.25) is 0 Å². The molecule has 0 aliphatic heterocycles. The van der Waals surface area contributed by atoms with E-state index in [1.807, 2.05) is 20.8 Å². The minimum absolute atomic E-state index is 0.258. The van der Waals surface area contributed by atoms with Crippen LogP contribution in [0.2, 0.25) is 0 Å². The van der Waals surface area contributed by atoms with Crippen LogP contribution < -0.4 is 10.6 Å². The molecule has 0 aromatic carbocycles. The van der Waals surface area contributed by atoms with Gasteiger partial charge in [0.1, 0.15) is 5.60 Å². The third-order valence-electron chi connectivity index (χ3n) is 3.62. The Morgan fingerprint density at radius 1 is 1.18 bits per heavy atom. The lowest BCUT2D eigenvalue weighted by molar-refractivity contribution is 0.0515. The smallest absolute Gasteiger partial charge is 0.407 e. The molecular weight excluding hydrogens is 280 g/mol. The van der Waals surface area contributed by atoms with Gasteiger partial charge in [0.2, 0.25) is 0 Å². The molecule has 0 spiro atoms. The highest BCUT2D eigenvalue weighted by molar-refractivity contribution is 5.67. The van der Waals surface area contributed by atoms with Gasteiger partial charge in [-0.15, -0.1) is 0 Å². The van der Waals surface area contributed by atoms with E-state index >= 15 is 0 Å². The van der Waals surface area contributed by atoms with Crippen LogP contribution in [0.3, 0.4) is 0 Å². The topological polar surface area (TPSA) is 70.6 Å². The number of aliphatic hydroxyl groups excluding tert-OH is 1. The fourth-order valence-corrected chi connectivity index (χ4v) is 2.03. The predicted octanol–water partition coefficient (Wildman–Crippen LogP) is 2.78. The van der Waals surface area contributed by atoms with E-state index in [1.54, 1.807) is 0 Å². The van der Waals surface area contributed by atoms with E-state index < -0.39 is 5.60 Å². The number of rotatable bonds is 10. The highest BCUT2D eigenvalue weighted by Gasteiger charge is 2.18. The second-order valence-electron chi connectivity index (χ2n) is 7.52. The summed E-state index contributed by atoms with van der Waals surface area (Å²) in [7, 11) is 0. The molecule has 0 rings (SSSR count). The lowest BCUT2D eigenvalue weighted by Crippen LogP contribution is -2.39. The van der Waals surface area contributed by atoms with Gasteiger partial charge < -0.3 is 20.5 Å². The summed E-state index contributed by atoms with van der Waals surface area (Å²) >= 11 is 0. The summed E-state index contributed by atoms with van der Waals surface area (Å²) in [5.41, 5.74) is -0.459. The summed E-state index contributed by atoms with van der Waals surface area (Å²) in [6, 6.07) is 0. The number of carbonyl (C=O) groups is 1. The zero-order valence-corrected chi connectivity index (χ0v) is 15.2. The van der Waals surface area contributed by atoms with Crippen molar-refractivity contribution in [3.05, 3.63) is 0 Å². The van der Waals surface area contributed by atoms with Crippen LogP contribution in [0.5, 0.6) is 0 Å². The van der Waals surface area contributed by atoms with E-state index in [9.17, 15) is 4.79 Å². The molecule has 2 unspecified atom stereocenters. The molecule has 2 atom stereocenters. The SMILES string of the molecule is CC(CO)CCCNCC(CNC(=O)OC(C)(C)C)C(C)C. The number of ether oxygens (including phenoxy) is 1. The van der Waals surface area contributed by atoms with E-state index in [0.29, 0.717) is 24.3 Å². The molecule has 0 heterocycles. The van der Waals surface area contributed by atoms with Crippen molar-refractivity contribution < 1.29 is 14.6 Å². The Morgan fingerprint density at radius 2 is 1.82 bits per heavy atom. The van der Waals surface area contributed by atoms with Crippen molar-refractivity contribution in [1.82, 2.24) is 10.6 Å². The first-order chi connectivity index (χ1) is 10.2. The van der Waals surface area contributed by atoms with E-state index in [0.717, 1.165) is 25.9 Å². The summed E-state index contributed by atoms with van der Waals surface area (Å²) in [4.78, 5) is 11.7. The zero-order chi connectivity index (χ0) is 17.2. The highest BCUT2D eigenvalue weighted by Crippen LogP contribution is 2.10. The van der Waals surface area contributed by atoms with Crippen LogP contribution in [0.25, 0.3) is 0 Å². The third kappa shape index (κ3) is 11.8.